The predicted octanol–water partition coefficient (Wildman–Crippen LogP) is 2.53. The maximum absolute atomic E-state index is 12.4. The Labute approximate surface area is 132 Å². The van der Waals surface area contributed by atoms with Crippen molar-refractivity contribution in [2.45, 2.75) is 65.6 Å². The van der Waals surface area contributed by atoms with E-state index in [0.717, 1.165) is 30.7 Å². The molecule has 2 heterocycles. The Balaban J connectivity index is 2.24. The largest absolute Gasteiger partial charge is 0.444 e. The van der Waals surface area contributed by atoms with Crippen molar-refractivity contribution in [1.82, 2.24) is 14.7 Å². The van der Waals surface area contributed by atoms with Crippen LogP contribution in [-0.2, 0) is 11.2 Å². The summed E-state index contributed by atoms with van der Waals surface area (Å²) in [5.74, 6) is 0. The smallest absolute Gasteiger partial charge is 0.411 e. The van der Waals surface area contributed by atoms with Gasteiger partial charge < -0.3 is 10.5 Å². The minimum atomic E-state index is -0.482. The van der Waals surface area contributed by atoms with E-state index in [9.17, 15) is 4.79 Å². The molecular formula is C16H28N4O2. The number of nitrogens with two attached hydrogens (primary N) is 1. The van der Waals surface area contributed by atoms with Crippen molar-refractivity contribution in [3.63, 3.8) is 0 Å². The van der Waals surface area contributed by atoms with Crippen LogP contribution in [0.4, 0.5) is 4.79 Å². The van der Waals surface area contributed by atoms with Crippen LogP contribution in [0.3, 0.4) is 0 Å². The Bertz CT molecular complexity index is 545. The fourth-order valence-electron chi connectivity index (χ4n) is 3.03. The van der Waals surface area contributed by atoms with Crippen LogP contribution >= 0.6 is 0 Å². The van der Waals surface area contributed by atoms with Crippen LogP contribution in [0, 0.1) is 13.8 Å². The second-order valence-electron chi connectivity index (χ2n) is 6.93. The van der Waals surface area contributed by atoms with Gasteiger partial charge in [-0.05, 0) is 66.0 Å². The van der Waals surface area contributed by atoms with Crippen molar-refractivity contribution in [3.8, 4) is 0 Å². The lowest BCUT2D eigenvalue weighted by Crippen LogP contribution is -2.38. The summed E-state index contributed by atoms with van der Waals surface area (Å²) in [6.07, 6.45) is 2.37. The fraction of sp³-hybridized carbons (Fsp3) is 0.750. The lowest BCUT2D eigenvalue weighted by Gasteiger charge is -2.29. The van der Waals surface area contributed by atoms with Crippen molar-refractivity contribution < 1.29 is 9.53 Å². The zero-order valence-corrected chi connectivity index (χ0v) is 14.3. The summed E-state index contributed by atoms with van der Waals surface area (Å²) < 4.78 is 7.49. The highest BCUT2D eigenvalue weighted by atomic mass is 16.6. The molecule has 2 N–H and O–H groups in total. The Morgan fingerprint density at radius 1 is 1.41 bits per heavy atom. The molecule has 0 saturated carbocycles. The van der Waals surface area contributed by atoms with E-state index in [0.29, 0.717) is 13.1 Å². The van der Waals surface area contributed by atoms with Gasteiger partial charge in [0.15, 0.2) is 0 Å². The van der Waals surface area contributed by atoms with Crippen LogP contribution in [0.5, 0.6) is 0 Å². The third-order valence-electron chi connectivity index (χ3n) is 4.00. The van der Waals surface area contributed by atoms with Gasteiger partial charge in [0.2, 0.25) is 0 Å². The van der Waals surface area contributed by atoms with Gasteiger partial charge in [0.25, 0.3) is 0 Å². The van der Waals surface area contributed by atoms with Crippen molar-refractivity contribution in [2.24, 2.45) is 5.73 Å². The topological polar surface area (TPSA) is 73.4 Å². The van der Waals surface area contributed by atoms with E-state index in [-0.39, 0.29) is 12.3 Å². The molecule has 1 aliphatic rings. The molecule has 0 bridgehead atoms. The second-order valence-corrected chi connectivity index (χ2v) is 6.93. The molecule has 0 radical (unpaired) electrons. The van der Waals surface area contributed by atoms with Crippen molar-refractivity contribution in [2.75, 3.05) is 13.1 Å². The summed E-state index contributed by atoms with van der Waals surface area (Å²) in [5.41, 5.74) is 8.49. The Hall–Kier alpha value is -1.56. The van der Waals surface area contributed by atoms with Crippen molar-refractivity contribution in [1.29, 1.82) is 0 Å². The van der Waals surface area contributed by atoms with Gasteiger partial charge in [-0.25, -0.2) is 9.48 Å². The monoisotopic (exact) mass is 308 g/mol. The molecule has 1 atom stereocenters. The van der Waals surface area contributed by atoms with Gasteiger partial charge in [-0.2, -0.15) is 5.10 Å². The van der Waals surface area contributed by atoms with Crippen LogP contribution in [0.1, 0.15) is 56.7 Å². The molecule has 1 unspecified atom stereocenters. The van der Waals surface area contributed by atoms with E-state index in [1.165, 1.54) is 5.56 Å². The number of nitrogens with zero attached hydrogens (tertiary/aromatic N) is 3. The molecule has 6 heteroatoms. The average molecular weight is 308 g/mol. The summed E-state index contributed by atoms with van der Waals surface area (Å²) in [7, 11) is 0. The molecule has 1 aromatic rings. The first-order chi connectivity index (χ1) is 10.2. The number of likely N-dealkylation sites (tertiary alicyclic amines) is 1. The molecule has 1 fully saturated rings. The first kappa shape index (κ1) is 16.8. The van der Waals surface area contributed by atoms with E-state index in [2.05, 4.69) is 12.0 Å². The molecule has 2 rings (SSSR count). The Kier molecular flexibility index (Phi) is 4.80. The second kappa shape index (κ2) is 6.28. The predicted molar refractivity (Wildman–Crippen MR) is 85.7 cm³/mol. The van der Waals surface area contributed by atoms with Gasteiger partial charge in [-0.1, -0.05) is 0 Å². The number of carbonyl (C=O) groups is 1. The summed E-state index contributed by atoms with van der Waals surface area (Å²) in [6.45, 7) is 11.0. The lowest BCUT2D eigenvalue weighted by atomic mass is 10.1. The molecule has 0 spiro atoms. The number of rotatable bonds is 3. The molecule has 22 heavy (non-hydrogen) atoms. The molecule has 0 aromatic carbocycles. The molecule has 1 aliphatic heterocycles. The van der Waals surface area contributed by atoms with Gasteiger partial charge >= 0.3 is 6.09 Å². The maximum Gasteiger partial charge on any atom is 0.411 e. The number of carbonyl (C=O) groups excluding carboxylic acids is 1. The first-order valence-corrected chi connectivity index (χ1v) is 7.99. The van der Waals surface area contributed by atoms with Crippen LogP contribution in [0.15, 0.2) is 0 Å². The highest BCUT2D eigenvalue weighted by molar-refractivity contribution is 5.68. The van der Waals surface area contributed by atoms with Gasteiger partial charge in [-0.15, -0.1) is 0 Å². The third kappa shape index (κ3) is 3.43. The van der Waals surface area contributed by atoms with E-state index in [1.807, 2.05) is 32.4 Å². The van der Waals surface area contributed by atoms with Gasteiger partial charge in [0.05, 0.1) is 5.69 Å². The summed E-state index contributed by atoms with van der Waals surface area (Å²) in [4.78, 5) is 14.2. The average Bonchev–Trinajstić information content (AvgIpc) is 2.96. The summed E-state index contributed by atoms with van der Waals surface area (Å²) in [6, 6.07) is 0. The van der Waals surface area contributed by atoms with Crippen molar-refractivity contribution >= 4 is 6.09 Å². The quantitative estimate of drug-likeness (QED) is 0.931. The molecule has 1 aromatic heterocycles. The van der Waals surface area contributed by atoms with Crippen LogP contribution in [0.2, 0.25) is 0 Å². The van der Waals surface area contributed by atoms with Gasteiger partial charge in [0, 0.05) is 12.2 Å². The third-order valence-corrected chi connectivity index (χ3v) is 4.00. The number of hydrogen-bond acceptors (Lipinski definition) is 4. The standard InChI is InChI=1S/C16H28N4O2/c1-11-13(8-9-17)12(2)20(18-11)14-7-6-10-19(14)15(21)22-16(3,4)5/h14H,6-10,17H2,1-5H3. The van der Waals surface area contributed by atoms with E-state index >= 15 is 0 Å². The number of amides is 1. The molecule has 1 saturated heterocycles. The molecule has 124 valence electrons. The number of hydrogen-bond donors (Lipinski definition) is 1. The lowest BCUT2D eigenvalue weighted by molar-refractivity contribution is 0.0147. The minimum Gasteiger partial charge on any atom is -0.444 e. The van der Waals surface area contributed by atoms with Gasteiger partial charge in [-0.3, -0.25) is 4.90 Å². The molecule has 0 aliphatic carbocycles. The Morgan fingerprint density at radius 3 is 2.68 bits per heavy atom. The van der Waals surface area contributed by atoms with Crippen LogP contribution in [0.25, 0.3) is 0 Å². The fourth-order valence-corrected chi connectivity index (χ4v) is 3.03. The van der Waals surface area contributed by atoms with Crippen molar-refractivity contribution in [3.05, 3.63) is 17.0 Å². The highest BCUT2D eigenvalue weighted by Crippen LogP contribution is 2.30. The number of aryl methyl sites for hydroxylation is 1. The highest BCUT2D eigenvalue weighted by Gasteiger charge is 2.35. The van der Waals surface area contributed by atoms with Crippen LogP contribution in [-0.4, -0.2) is 39.5 Å². The Morgan fingerprint density at radius 2 is 2.09 bits per heavy atom. The first-order valence-electron chi connectivity index (χ1n) is 7.99. The zero-order valence-electron chi connectivity index (χ0n) is 14.3. The summed E-state index contributed by atoms with van der Waals surface area (Å²) in [5, 5.41) is 4.65. The zero-order chi connectivity index (χ0) is 16.5. The van der Waals surface area contributed by atoms with E-state index in [1.54, 1.807) is 4.90 Å². The molecular weight excluding hydrogens is 280 g/mol. The number of aromatic nitrogens is 2. The van der Waals surface area contributed by atoms with Gasteiger partial charge in [0.1, 0.15) is 11.8 Å². The van der Waals surface area contributed by atoms with Crippen LogP contribution < -0.4 is 5.73 Å². The van der Waals surface area contributed by atoms with E-state index < -0.39 is 5.60 Å². The normalized spacial score (nSPS) is 18.8. The summed E-state index contributed by atoms with van der Waals surface area (Å²) >= 11 is 0. The maximum atomic E-state index is 12.4. The van der Waals surface area contributed by atoms with E-state index in [4.69, 9.17) is 10.5 Å². The molecule has 1 amide bonds. The number of ether oxygens (including phenoxy) is 1. The minimum absolute atomic E-state index is 0.0555. The molecule has 6 nitrogen and oxygen atoms in total. The SMILES string of the molecule is Cc1nn(C2CCCN2C(=O)OC(C)(C)C)c(C)c1CCN.